The summed E-state index contributed by atoms with van der Waals surface area (Å²) in [5, 5.41) is 8.87. The van der Waals surface area contributed by atoms with Crippen LogP contribution in [0.1, 0.15) is 11.3 Å². The van der Waals surface area contributed by atoms with Crippen LogP contribution in [0, 0.1) is 0 Å². The van der Waals surface area contributed by atoms with Crippen LogP contribution in [0.5, 0.6) is 0 Å². The molecule has 90 valence electrons. The predicted octanol–water partition coefficient (Wildman–Crippen LogP) is 2.96. The van der Waals surface area contributed by atoms with E-state index >= 15 is 0 Å². The number of rotatable bonds is 4. The number of nitrogens with one attached hydrogen (secondary N) is 1. The standard InChI is InChI=1S/C12H13Cl2N3/c1-15-7-11-4-5-17(16-11)8-9-6-10(13)2-3-12(9)14/h2-6,15H,7-8H2,1H3. The summed E-state index contributed by atoms with van der Waals surface area (Å²) in [5.74, 6) is 0. The lowest BCUT2D eigenvalue weighted by molar-refractivity contribution is 0.659. The topological polar surface area (TPSA) is 29.9 Å². The molecule has 2 rings (SSSR count). The molecule has 1 aromatic carbocycles. The quantitative estimate of drug-likeness (QED) is 0.925. The van der Waals surface area contributed by atoms with Gasteiger partial charge in [-0.2, -0.15) is 5.10 Å². The van der Waals surface area contributed by atoms with Crippen LogP contribution in [0.25, 0.3) is 0 Å². The Labute approximate surface area is 110 Å². The normalized spacial score (nSPS) is 10.8. The Hall–Kier alpha value is -1.03. The second-order valence-corrected chi connectivity index (χ2v) is 4.61. The molecule has 3 nitrogen and oxygen atoms in total. The zero-order chi connectivity index (χ0) is 12.3. The van der Waals surface area contributed by atoms with Crippen LogP contribution >= 0.6 is 23.2 Å². The van der Waals surface area contributed by atoms with Crippen LogP contribution in [0.3, 0.4) is 0 Å². The summed E-state index contributed by atoms with van der Waals surface area (Å²) in [6.07, 6.45) is 1.93. The number of hydrogen-bond donors (Lipinski definition) is 1. The van der Waals surface area contributed by atoms with Crippen molar-refractivity contribution >= 4 is 23.2 Å². The lowest BCUT2D eigenvalue weighted by Gasteiger charge is -2.05. The second-order valence-electron chi connectivity index (χ2n) is 3.77. The minimum Gasteiger partial charge on any atom is -0.314 e. The van der Waals surface area contributed by atoms with Gasteiger partial charge in [-0.1, -0.05) is 23.2 Å². The number of hydrogen-bond acceptors (Lipinski definition) is 2. The lowest BCUT2D eigenvalue weighted by atomic mass is 10.2. The first kappa shape index (κ1) is 12.4. The molecule has 2 aromatic rings. The Morgan fingerprint density at radius 2 is 2.12 bits per heavy atom. The first-order valence-corrected chi connectivity index (χ1v) is 6.05. The van der Waals surface area contributed by atoms with Crippen LogP contribution in [-0.4, -0.2) is 16.8 Å². The molecule has 0 bridgehead atoms. The van der Waals surface area contributed by atoms with Gasteiger partial charge in [-0.05, 0) is 36.9 Å². The highest BCUT2D eigenvalue weighted by Crippen LogP contribution is 2.21. The largest absolute Gasteiger partial charge is 0.314 e. The average Bonchev–Trinajstić information content (AvgIpc) is 2.72. The molecule has 0 radical (unpaired) electrons. The average molecular weight is 270 g/mol. The van der Waals surface area contributed by atoms with Gasteiger partial charge in [0.1, 0.15) is 0 Å². The van der Waals surface area contributed by atoms with E-state index in [1.807, 2.05) is 30.1 Å². The molecule has 1 aromatic heterocycles. The Morgan fingerprint density at radius 1 is 1.29 bits per heavy atom. The van der Waals surface area contributed by atoms with Gasteiger partial charge in [-0.3, -0.25) is 4.68 Å². The van der Waals surface area contributed by atoms with Gasteiger partial charge in [0.05, 0.1) is 12.2 Å². The van der Waals surface area contributed by atoms with Crippen molar-refractivity contribution in [3.8, 4) is 0 Å². The van der Waals surface area contributed by atoms with Gasteiger partial charge in [0.2, 0.25) is 0 Å². The molecule has 17 heavy (non-hydrogen) atoms. The third-order valence-corrected chi connectivity index (χ3v) is 3.00. The molecular formula is C12H13Cl2N3. The van der Waals surface area contributed by atoms with Crippen LogP contribution < -0.4 is 5.32 Å². The SMILES string of the molecule is CNCc1ccn(Cc2cc(Cl)ccc2Cl)n1. The van der Waals surface area contributed by atoms with Crippen molar-refractivity contribution in [2.24, 2.45) is 0 Å². The fourth-order valence-corrected chi connectivity index (χ4v) is 1.98. The summed E-state index contributed by atoms with van der Waals surface area (Å²) in [7, 11) is 1.90. The molecule has 0 aliphatic carbocycles. The molecule has 0 saturated heterocycles. The maximum Gasteiger partial charge on any atom is 0.0762 e. The number of benzene rings is 1. The number of aromatic nitrogens is 2. The van der Waals surface area contributed by atoms with Crippen molar-refractivity contribution in [2.45, 2.75) is 13.1 Å². The maximum absolute atomic E-state index is 6.10. The summed E-state index contributed by atoms with van der Waals surface area (Å²) < 4.78 is 1.85. The third kappa shape index (κ3) is 3.22. The molecule has 0 atom stereocenters. The molecule has 0 aliphatic rings. The van der Waals surface area contributed by atoms with E-state index in [9.17, 15) is 0 Å². The number of nitrogens with zero attached hydrogens (tertiary/aromatic N) is 2. The Balaban J connectivity index is 2.16. The molecule has 0 aliphatic heterocycles. The van der Waals surface area contributed by atoms with Crippen LogP contribution in [0.15, 0.2) is 30.5 Å². The Morgan fingerprint density at radius 3 is 2.88 bits per heavy atom. The zero-order valence-corrected chi connectivity index (χ0v) is 11.0. The molecule has 5 heteroatoms. The summed E-state index contributed by atoms with van der Waals surface area (Å²) in [6.45, 7) is 1.39. The van der Waals surface area contributed by atoms with Gasteiger partial charge in [0, 0.05) is 22.8 Å². The van der Waals surface area contributed by atoms with E-state index in [0.29, 0.717) is 16.6 Å². The zero-order valence-electron chi connectivity index (χ0n) is 9.45. The molecular weight excluding hydrogens is 257 g/mol. The van der Waals surface area contributed by atoms with Crippen molar-refractivity contribution in [1.82, 2.24) is 15.1 Å². The maximum atomic E-state index is 6.10. The Kier molecular flexibility index (Phi) is 4.05. The van der Waals surface area contributed by atoms with Crippen molar-refractivity contribution in [3.05, 3.63) is 51.8 Å². The first-order valence-electron chi connectivity index (χ1n) is 5.30. The van der Waals surface area contributed by atoms with E-state index in [4.69, 9.17) is 23.2 Å². The van der Waals surface area contributed by atoms with E-state index < -0.39 is 0 Å². The number of halogens is 2. The van der Waals surface area contributed by atoms with E-state index in [1.54, 1.807) is 12.1 Å². The highest BCUT2D eigenvalue weighted by molar-refractivity contribution is 6.33. The fourth-order valence-electron chi connectivity index (χ4n) is 1.61. The molecule has 0 spiro atoms. The van der Waals surface area contributed by atoms with Gasteiger partial charge >= 0.3 is 0 Å². The minimum atomic E-state index is 0.628. The lowest BCUT2D eigenvalue weighted by Crippen LogP contribution is -2.07. The van der Waals surface area contributed by atoms with Gasteiger partial charge in [0.25, 0.3) is 0 Å². The highest BCUT2D eigenvalue weighted by atomic mass is 35.5. The van der Waals surface area contributed by atoms with Crippen molar-refractivity contribution in [2.75, 3.05) is 7.05 Å². The van der Waals surface area contributed by atoms with E-state index in [2.05, 4.69) is 10.4 Å². The fraction of sp³-hybridized carbons (Fsp3) is 0.250. The van der Waals surface area contributed by atoms with Gasteiger partial charge in [-0.25, -0.2) is 0 Å². The van der Waals surface area contributed by atoms with Crippen LogP contribution in [0.4, 0.5) is 0 Å². The highest BCUT2D eigenvalue weighted by Gasteiger charge is 2.04. The molecule has 0 fully saturated rings. The first-order chi connectivity index (χ1) is 8.19. The molecule has 0 saturated carbocycles. The monoisotopic (exact) mass is 269 g/mol. The predicted molar refractivity (Wildman–Crippen MR) is 70.6 cm³/mol. The second kappa shape index (κ2) is 5.54. The van der Waals surface area contributed by atoms with E-state index in [1.165, 1.54) is 0 Å². The summed E-state index contributed by atoms with van der Waals surface area (Å²) in [5.41, 5.74) is 1.98. The summed E-state index contributed by atoms with van der Waals surface area (Å²) >= 11 is 12.0. The van der Waals surface area contributed by atoms with E-state index in [-0.39, 0.29) is 0 Å². The smallest absolute Gasteiger partial charge is 0.0762 e. The molecule has 0 unspecified atom stereocenters. The minimum absolute atomic E-state index is 0.628. The summed E-state index contributed by atoms with van der Waals surface area (Å²) in [4.78, 5) is 0. The third-order valence-electron chi connectivity index (χ3n) is 2.39. The van der Waals surface area contributed by atoms with Gasteiger partial charge < -0.3 is 5.32 Å². The Bertz CT molecular complexity index is 508. The van der Waals surface area contributed by atoms with Gasteiger partial charge in [-0.15, -0.1) is 0 Å². The van der Waals surface area contributed by atoms with Crippen LogP contribution in [0.2, 0.25) is 10.0 Å². The van der Waals surface area contributed by atoms with Crippen molar-refractivity contribution < 1.29 is 0 Å². The van der Waals surface area contributed by atoms with Crippen molar-refractivity contribution in [3.63, 3.8) is 0 Å². The molecule has 1 N–H and O–H groups in total. The molecule has 0 amide bonds. The van der Waals surface area contributed by atoms with E-state index in [0.717, 1.165) is 17.8 Å². The van der Waals surface area contributed by atoms with Gasteiger partial charge in [0.15, 0.2) is 0 Å². The molecule has 1 heterocycles. The van der Waals surface area contributed by atoms with Crippen LogP contribution in [-0.2, 0) is 13.1 Å². The summed E-state index contributed by atoms with van der Waals surface area (Å²) in [6, 6.07) is 7.43. The van der Waals surface area contributed by atoms with Crippen molar-refractivity contribution in [1.29, 1.82) is 0 Å².